The van der Waals surface area contributed by atoms with E-state index in [2.05, 4.69) is 0 Å². The first kappa shape index (κ1) is 9.51. The Morgan fingerprint density at radius 2 is 2.08 bits per heavy atom. The minimum Gasteiger partial charge on any atom is -0.481 e. The Morgan fingerprint density at radius 3 is 2.54 bits per heavy atom. The van der Waals surface area contributed by atoms with Gasteiger partial charge in [-0.2, -0.15) is 0 Å². The summed E-state index contributed by atoms with van der Waals surface area (Å²) in [6.45, 7) is 1.73. The van der Waals surface area contributed by atoms with E-state index >= 15 is 0 Å². The summed E-state index contributed by atoms with van der Waals surface area (Å²) in [5.74, 6) is -2.76. The zero-order valence-electron chi connectivity index (χ0n) is 7.15. The lowest BCUT2D eigenvalue weighted by molar-refractivity contribution is -0.140. The smallest absolute Gasteiger partial charge is 0.335 e. The first-order valence-corrected chi connectivity index (χ1v) is 3.86. The molecule has 4 nitrogen and oxygen atoms in total. The normalized spacial score (nSPS) is 21.8. The molecule has 0 bridgehead atoms. The van der Waals surface area contributed by atoms with Crippen molar-refractivity contribution < 1.29 is 19.8 Å². The van der Waals surface area contributed by atoms with Crippen molar-refractivity contribution in [1.29, 1.82) is 0 Å². The zero-order valence-corrected chi connectivity index (χ0v) is 7.15. The van der Waals surface area contributed by atoms with E-state index in [0.717, 1.165) is 5.57 Å². The molecule has 0 aromatic rings. The predicted molar refractivity (Wildman–Crippen MR) is 45.2 cm³/mol. The summed E-state index contributed by atoms with van der Waals surface area (Å²) in [6, 6.07) is 0. The number of carboxylic acid groups (broad SMARTS) is 2. The van der Waals surface area contributed by atoms with Gasteiger partial charge in [0.15, 0.2) is 0 Å². The average molecular weight is 182 g/mol. The van der Waals surface area contributed by atoms with Crippen LogP contribution in [0.3, 0.4) is 0 Å². The molecule has 1 aliphatic carbocycles. The molecule has 1 atom stereocenters. The molecule has 0 radical (unpaired) electrons. The van der Waals surface area contributed by atoms with Crippen LogP contribution in [-0.4, -0.2) is 22.2 Å². The average Bonchev–Trinajstić information content (AvgIpc) is 2.03. The number of carboxylic acids is 2. The molecule has 0 spiro atoms. The lowest BCUT2D eigenvalue weighted by Gasteiger charge is -2.14. The molecule has 0 fully saturated rings. The summed E-state index contributed by atoms with van der Waals surface area (Å²) in [4.78, 5) is 21.2. The van der Waals surface area contributed by atoms with Crippen LogP contribution in [0, 0.1) is 5.92 Å². The van der Waals surface area contributed by atoms with Crippen LogP contribution >= 0.6 is 0 Å². The summed E-state index contributed by atoms with van der Waals surface area (Å²) in [7, 11) is 0. The van der Waals surface area contributed by atoms with Crippen molar-refractivity contribution in [2.45, 2.75) is 13.3 Å². The molecule has 0 aromatic heterocycles. The molecule has 0 aliphatic heterocycles. The van der Waals surface area contributed by atoms with Gasteiger partial charge in [0.1, 0.15) is 0 Å². The Labute approximate surface area is 75.2 Å². The molecule has 0 saturated carbocycles. The van der Waals surface area contributed by atoms with Crippen LogP contribution in [0.15, 0.2) is 23.3 Å². The summed E-state index contributed by atoms with van der Waals surface area (Å²) in [6.07, 6.45) is 3.17. The standard InChI is InChI=1S/C9H10O4/c1-5-2-6(8(10)11)4-7(3-5)9(12)13/h2,4,7H,3H2,1H3,(H,10,11)(H,12,13). The zero-order chi connectivity index (χ0) is 10.0. The minimum absolute atomic E-state index is 0.0659. The van der Waals surface area contributed by atoms with Gasteiger partial charge < -0.3 is 10.2 Å². The summed E-state index contributed by atoms with van der Waals surface area (Å²) in [5.41, 5.74) is 0.850. The molecule has 0 heterocycles. The minimum atomic E-state index is -1.08. The summed E-state index contributed by atoms with van der Waals surface area (Å²) < 4.78 is 0. The highest BCUT2D eigenvalue weighted by atomic mass is 16.4. The first-order valence-electron chi connectivity index (χ1n) is 3.86. The molecule has 4 heteroatoms. The lowest BCUT2D eigenvalue weighted by Crippen LogP contribution is -2.16. The van der Waals surface area contributed by atoms with Crippen molar-refractivity contribution in [2.75, 3.05) is 0 Å². The monoisotopic (exact) mass is 182 g/mol. The first-order chi connectivity index (χ1) is 6.00. The molecular weight excluding hydrogens is 172 g/mol. The third kappa shape index (κ3) is 2.18. The van der Waals surface area contributed by atoms with Crippen LogP contribution in [0.4, 0.5) is 0 Å². The second-order valence-electron chi connectivity index (χ2n) is 3.07. The maximum atomic E-state index is 10.6. The second kappa shape index (κ2) is 3.43. The molecule has 2 N–H and O–H groups in total. The van der Waals surface area contributed by atoms with Gasteiger partial charge >= 0.3 is 11.9 Å². The van der Waals surface area contributed by atoms with Crippen LogP contribution in [0.2, 0.25) is 0 Å². The highest BCUT2D eigenvalue weighted by Gasteiger charge is 2.21. The highest BCUT2D eigenvalue weighted by molar-refractivity contribution is 5.91. The molecule has 0 aromatic carbocycles. The van der Waals surface area contributed by atoms with Crippen LogP contribution in [0.1, 0.15) is 13.3 Å². The van der Waals surface area contributed by atoms with Gasteiger partial charge in [-0.25, -0.2) is 4.79 Å². The Bertz CT molecular complexity index is 312. The number of rotatable bonds is 2. The van der Waals surface area contributed by atoms with Crippen LogP contribution in [0.5, 0.6) is 0 Å². The van der Waals surface area contributed by atoms with Gasteiger partial charge in [-0.15, -0.1) is 0 Å². The van der Waals surface area contributed by atoms with Gasteiger partial charge in [-0.3, -0.25) is 4.79 Å². The Morgan fingerprint density at radius 1 is 1.46 bits per heavy atom. The van der Waals surface area contributed by atoms with E-state index in [0.29, 0.717) is 6.42 Å². The van der Waals surface area contributed by atoms with Gasteiger partial charge in [0.05, 0.1) is 11.5 Å². The molecule has 0 saturated heterocycles. The van der Waals surface area contributed by atoms with Crippen molar-refractivity contribution in [3.05, 3.63) is 23.3 Å². The number of hydrogen-bond donors (Lipinski definition) is 2. The number of allylic oxidation sites excluding steroid dienone is 1. The number of aliphatic carboxylic acids is 2. The van der Waals surface area contributed by atoms with E-state index in [1.165, 1.54) is 12.2 Å². The molecule has 70 valence electrons. The Balaban J connectivity index is 2.94. The van der Waals surface area contributed by atoms with Crippen LogP contribution in [0.25, 0.3) is 0 Å². The third-order valence-electron chi connectivity index (χ3n) is 1.89. The molecule has 1 rings (SSSR count). The fourth-order valence-electron chi connectivity index (χ4n) is 1.29. The van der Waals surface area contributed by atoms with Crippen LogP contribution in [-0.2, 0) is 9.59 Å². The van der Waals surface area contributed by atoms with Crippen molar-refractivity contribution in [3.8, 4) is 0 Å². The van der Waals surface area contributed by atoms with Crippen molar-refractivity contribution >= 4 is 11.9 Å². The maximum Gasteiger partial charge on any atom is 0.335 e. The number of hydrogen-bond acceptors (Lipinski definition) is 2. The molecular formula is C9H10O4. The van der Waals surface area contributed by atoms with E-state index in [-0.39, 0.29) is 5.57 Å². The van der Waals surface area contributed by atoms with Crippen molar-refractivity contribution in [3.63, 3.8) is 0 Å². The fourth-order valence-corrected chi connectivity index (χ4v) is 1.29. The molecule has 1 unspecified atom stereocenters. The maximum absolute atomic E-state index is 10.6. The van der Waals surface area contributed by atoms with Crippen LogP contribution < -0.4 is 0 Å². The Hall–Kier alpha value is -1.58. The van der Waals surface area contributed by atoms with Crippen molar-refractivity contribution in [2.24, 2.45) is 5.92 Å². The summed E-state index contributed by atoms with van der Waals surface area (Å²) >= 11 is 0. The molecule has 1 aliphatic rings. The van der Waals surface area contributed by atoms with Gasteiger partial charge in [0.2, 0.25) is 0 Å². The van der Waals surface area contributed by atoms with E-state index in [1.54, 1.807) is 6.92 Å². The van der Waals surface area contributed by atoms with E-state index in [9.17, 15) is 9.59 Å². The number of carbonyl (C=O) groups is 2. The largest absolute Gasteiger partial charge is 0.481 e. The van der Waals surface area contributed by atoms with E-state index in [4.69, 9.17) is 10.2 Å². The SMILES string of the molecule is CC1=CC(C(=O)O)=CC(C(=O)O)C1. The molecule has 0 amide bonds. The van der Waals surface area contributed by atoms with Gasteiger partial charge in [0, 0.05) is 0 Å². The Kier molecular flexibility index (Phi) is 2.51. The van der Waals surface area contributed by atoms with Crippen molar-refractivity contribution in [1.82, 2.24) is 0 Å². The van der Waals surface area contributed by atoms with E-state index in [1.807, 2.05) is 0 Å². The molecule has 13 heavy (non-hydrogen) atoms. The highest BCUT2D eigenvalue weighted by Crippen LogP contribution is 2.22. The van der Waals surface area contributed by atoms with Gasteiger partial charge in [0.25, 0.3) is 0 Å². The van der Waals surface area contributed by atoms with E-state index < -0.39 is 17.9 Å². The quantitative estimate of drug-likeness (QED) is 0.669. The fraction of sp³-hybridized carbons (Fsp3) is 0.333. The topological polar surface area (TPSA) is 74.6 Å². The third-order valence-corrected chi connectivity index (χ3v) is 1.89. The van der Waals surface area contributed by atoms with Gasteiger partial charge in [-0.1, -0.05) is 11.6 Å². The lowest BCUT2D eigenvalue weighted by atomic mass is 9.91. The predicted octanol–water partition coefficient (Wildman–Crippen LogP) is 1.05. The second-order valence-corrected chi connectivity index (χ2v) is 3.07. The summed E-state index contributed by atoms with van der Waals surface area (Å²) in [5, 5.41) is 17.3. The van der Waals surface area contributed by atoms with Gasteiger partial charge in [-0.05, 0) is 19.4 Å².